The van der Waals surface area contributed by atoms with Crippen molar-refractivity contribution in [3.63, 3.8) is 0 Å². The number of ether oxygens (including phenoxy) is 1. The molecule has 3 aromatic rings. The number of nitrogens with zero attached hydrogens (tertiary/aromatic N) is 2. The van der Waals surface area contributed by atoms with Gasteiger partial charge in [-0.2, -0.15) is 4.99 Å². The Kier molecular flexibility index (Phi) is 5.61. The zero-order chi connectivity index (χ0) is 19.6. The summed E-state index contributed by atoms with van der Waals surface area (Å²) in [6.07, 6.45) is 2.10. The number of fused-ring (bicyclic) bond motifs is 1. The predicted molar refractivity (Wildman–Crippen MR) is 111 cm³/mol. The number of hydrogen-bond acceptors (Lipinski definition) is 3. The largest absolute Gasteiger partial charge is 0.496 e. The summed E-state index contributed by atoms with van der Waals surface area (Å²) in [6, 6.07) is 10.1. The van der Waals surface area contributed by atoms with E-state index in [0.717, 1.165) is 27.1 Å². The van der Waals surface area contributed by atoms with E-state index in [9.17, 15) is 4.79 Å². The van der Waals surface area contributed by atoms with Crippen LogP contribution in [0.3, 0.4) is 0 Å². The number of allylic oxidation sites excluding steroid dienone is 1. The summed E-state index contributed by atoms with van der Waals surface area (Å²) in [5, 5.41) is 0. The van der Waals surface area contributed by atoms with Gasteiger partial charge in [0.2, 0.25) is 0 Å². The van der Waals surface area contributed by atoms with Gasteiger partial charge < -0.3 is 9.30 Å². The number of rotatable bonds is 5. The fourth-order valence-corrected chi connectivity index (χ4v) is 4.22. The zero-order valence-corrected chi connectivity index (χ0v) is 17.0. The normalized spacial score (nSPS) is 11.8. The van der Waals surface area contributed by atoms with Crippen LogP contribution in [0.2, 0.25) is 0 Å². The van der Waals surface area contributed by atoms with Gasteiger partial charge in [0.15, 0.2) is 4.80 Å². The third-order valence-electron chi connectivity index (χ3n) is 4.64. The van der Waals surface area contributed by atoms with Crippen LogP contribution in [0, 0.1) is 20.8 Å². The van der Waals surface area contributed by atoms with Crippen molar-refractivity contribution in [3.05, 3.63) is 70.0 Å². The number of aromatic nitrogens is 1. The lowest BCUT2D eigenvalue weighted by Gasteiger charge is -2.06. The van der Waals surface area contributed by atoms with Crippen LogP contribution in [0.25, 0.3) is 10.2 Å². The smallest absolute Gasteiger partial charge is 0.252 e. The lowest BCUT2D eigenvalue weighted by atomic mass is 10.1. The molecule has 1 heterocycles. The average molecular weight is 381 g/mol. The Morgan fingerprint density at radius 3 is 2.59 bits per heavy atom. The molecule has 0 saturated heterocycles. The van der Waals surface area contributed by atoms with Gasteiger partial charge in [0.25, 0.3) is 5.91 Å². The van der Waals surface area contributed by atoms with Gasteiger partial charge in [0.1, 0.15) is 5.75 Å². The molecule has 5 heteroatoms. The molecule has 0 fully saturated rings. The number of amides is 1. The van der Waals surface area contributed by atoms with E-state index in [-0.39, 0.29) is 12.3 Å². The molecule has 0 radical (unpaired) electrons. The summed E-state index contributed by atoms with van der Waals surface area (Å²) in [6.45, 7) is 10.6. The van der Waals surface area contributed by atoms with E-state index in [1.165, 1.54) is 11.1 Å². The molecule has 0 N–H and O–H groups in total. The van der Waals surface area contributed by atoms with E-state index in [4.69, 9.17) is 4.74 Å². The molecule has 4 nitrogen and oxygen atoms in total. The minimum Gasteiger partial charge on any atom is -0.496 e. The molecule has 0 aliphatic carbocycles. The Hall–Kier alpha value is -2.66. The second-order valence-electron chi connectivity index (χ2n) is 6.67. The number of carbonyl (C=O) groups is 1. The third-order valence-corrected chi connectivity index (χ3v) is 5.69. The lowest BCUT2D eigenvalue weighted by Crippen LogP contribution is -2.17. The van der Waals surface area contributed by atoms with Crippen molar-refractivity contribution in [2.75, 3.05) is 7.11 Å². The van der Waals surface area contributed by atoms with E-state index >= 15 is 0 Å². The maximum atomic E-state index is 12.6. The number of methoxy groups -OCH3 is 1. The Balaban J connectivity index is 1.99. The standard InChI is InChI=1S/C22H24N2O2S/c1-6-9-24-18-11-14(2)15(3)12-20(18)27-22(24)23-21(25)13-17-7-8-19(26-5)16(4)10-17/h6-8,10-12H,1,9,13H2,2-5H3. The first kappa shape index (κ1) is 19.1. The molecule has 27 heavy (non-hydrogen) atoms. The maximum Gasteiger partial charge on any atom is 0.252 e. The molecule has 1 aromatic heterocycles. The highest BCUT2D eigenvalue weighted by molar-refractivity contribution is 7.16. The highest BCUT2D eigenvalue weighted by Crippen LogP contribution is 2.22. The molecule has 2 aromatic carbocycles. The maximum absolute atomic E-state index is 12.6. The third kappa shape index (κ3) is 4.03. The van der Waals surface area contributed by atoms with E-state index in [1.807, 2.05) is 31.2 Å². The van der Waals surface area contributed by atoms with Crippen molar-refractivity contribution in [2.45, 2.75) is 33.7 Å². The molecule has 1 amide bonds. The minimum absolute atomic E-state index is 0.155. The highest BCUT2D eigenvalue weighted by atomic mass is 32.1. The van der Waals surface area contributed by atoms with Crippen molar-refractivity contribution < 1.29 is 9.53 Å². The predicted octanol–water partition coefficient (Wildman–Crippen LogP) is 4.49. The molecule has 0 unspecified atom stereocenters. The fraction of sp³-hybridized carbons (Fsp3) is 0.273. The Labute approximate surface area is 163 Å². The summed E-state index contributed by atoms with van der Waals surface area (Å²) < 4.78 is 8.46. The summed E-state index contributed by atoms with van der Waals surface area (Å²) >= 11 is 1.54. The summed E-state index contributed by atoms with van der Waals surface area (Å²) in [5.74, 6) is 0.666. The van der Waals surface area contributed by atoms with Crippen molar-refractivity contribution in [2.24, 2.45) is 4.99 Å². The van der Waals surface area contributed by atoms with Gasteiger partial charge in [-0.3, -0.25) is 4.79 Å². The topological polar surface area (TPSA) is 43.6 Å². The van der Waals surface area contributed by atoms with Gasteiger partial charge in [0.05, 0.1) is 23.7 Å². The van der Waals surface area contributed by atoms with Crippen molar-refractivity contribution >= 4 is 27.5 Å². The first-order chi connectivity index (χ1) is 12.9. The van der Waals surface area contributed by atoms with Crippen LogP contribution in [0.5, 0.6) is 5.75 Å². The SMILES string of the molecule is C=CCn1c(=NC(=O)Cc2ccc(OC)c(C)c2)sc2cc(C)c(C)cc21. The van der Waals surface area contributed by atoms with E-state index in [2.05, 4.69) is 42.1 Å². The van der Waals surface area contributed by atoms with Gasteiger partial charge in [-0.05, 0) is 61.2 Å². The van der Waals surface area contributed by atoms with Crippen LogP contribution in [-0.4, -0.2) is 17.6 Å². The van der Waals surface area contributed by atoms with Crippen LogP contribution in [0.15, 0.2) is 48.0 Å². The van der Waals surface area contributed by atoms with Crippen molar-refractivity contribution in [1.82, 2.24) is 4.57 Å². The van der Waals surface area contributed by atoms with Gasteiger partial charge >= 0.3 is 0 Å². The summed E-state index contributed by atoms with van der Waals surface area (Å²) in [7, 11) is 1.64. The molecule has 0 atom stereocenters. The molecule has 0 bridgehead atoms. The number of benzene rings is 2. The number of aryl methyl sites for hydroxylation is 3. The van der Waals surface area contributed by atoms with Gasteiger partial charge in [-0.15, -0.1) is 6.58 Å². The fourth-order valence-electron chi connectivity index (χ4n) is 3.08. The molecular weight excluding hydrogens is 356 g/mol. The summed E-state index contributed by atoms with van der Waals surface area (Å²) in [5.41, 5.74) is 5.50. The quantitative estimate of drug-likeness (QED) is 0.612. The number of hydrogen-bond donors (Lipinski definition) is 0. The molecule has 0 aliphatic rings. The minimum atomic E-state index is -0.155. The molecule has 140 valence electrons. The number of carbonyl (C=O) groups excluding carboxylic acids is 1. The van der Waals surface area contributed by atoms with Crippen LogP contribution in [0.4, 0.5) is 0 Å². The second-order valence-corrected chi connectivity index (χ2v) is 7.68. The average Bonchev–Trinajstić information content (AvgIpc) is 2.92. The molecule has 0 spiro atoms. The molecular formula is C22H24N2O2S. The first-order valence-electron chi connectivity index (χ1n) is 8.85. The molecule has 0 aliphatic heterocycles. The Bertz CT molecular complexity index is 1090. The molecule has 0 saturated carbocycles. The van der Waals surface area contributed by atoms with E-state index in [0.29, 0.717) is 11.3 Å². The second kappa shape index (κ2) is 7.92. The van der Waals surface area contributed by atoms with Gasteiger partial charge in [-0.1, -0.05) is 29.5 Å². The monoisotopic (exact) mass is 380 g/mol. The van der Waals surface area contributed by atoms with Crippen LogP contribution < -0.4 is 9.54 Å². The van der Waals surface area contributed by atoms with Crippen molar-refractivity contribution in [3.8, 4) is 5.75 Å². The van der Waals surface area contributed by atoms with Crippen LogP contribution in [0.1, 0.15) is 22.3 Å². The van der Waals surface area contributed by atoms with Gasteiger partial charge in [-0.25, -0.2) is 0 Å². The zero-order valence-electron chi connectivity index (χ0n) is 16.2. The van der Waals surface area contributed by atoms with Gasteiger partial charge in [0, 0.05) is 6.54 Å². The highest BCUT2D eigenvalue weighted by Gasteiger charge is 2.10. The lowest BCUT2D eigenvalue weighted by molar-refractivity contribution is -0.117. The molecule has 3 rings (SSSR count). The van der Waals surface area contributed by atoms with E-state index < -0.39 is 0 Å². The first-order valence-corrected chi connectivity index (χ1v) is 9.67. The summed E-state index contributed by atoms with van der Waals surface area (Å²) in [4.78, 5) is 17.7. The number of thiazole rings is 1. The Morgan fingerprint density at radius 2 is 1.93 bits per heavy atom. The van der Waals surface area contributed by atoms with Crippen LogP contribution in [-0.2, 0) is 17.8 Å². The van der Waals surface area contributed by atoms with Crippen LogP contribution >= 0.6 is 11.3 Å². The van der Waals surface area contributed by atoms with E-state index in [1.54, 1.807) is 18.4 Å². The van der Waals surface area contributed by atoms with Crippen molar-refractivity contribution in [1.29, 1.82) is 0 Å². The Morgan fingerprint density at radius 1 is 1.19 bits per heavy atom.